The van der Waals surface area contributed by atoms with Crippen molar-refractivity contribution in [1.29, 1.82) is 0 Å². The molecule has 2 aromatic rings. The molecule has 0 radical (unpaired) electrons. The highest BCUT2D eigenvalue weighted by Gasteiger charge is 2.06. The number of carbonyl (C=O) groups is 1. The zero-order valence-corrected chi connectivity index (χ0v) is 14.9. The Morgan fingerprint density at radius 1 is 1.00 bits per heavy atom. The van der Waals surface area contributed by atoms with Crippen molar-refractivity contribution in [2.45, 2.75) is 31.1 Å². The number of benzene rings is 2. The molecule has 0 fully saturated rings. The van der Waals surface area contributed by atoms with E-state index in [4.69, 9.17) is 0 Å². The molecule has 0 unspecified atom stereocenters. The van der Waals surface area contributed by atoms with Crippen LogP contribution in [0.1, 0.15) is 23.1 Å². The van der Waals surface area contributed by atoms with Gasteiger partial charge in [0.1, 0.15) is 0 Å². The fourth-order valence-electron chi connectivity index (χ4n) is 2.46. The van der Waals surface area contributed by atoms with Gasteiger partial charge < -0.3 is 5.32 Å². The van der Waals surface area contributed by atoms with Gasteiger partial charge in [0.2, 0.25) is 5.91 Å². The summed E-state index contributed by atoms with van der Waals surface area (Å²) in [6, 6.07) is 14.9. The molecule has 128 valence electrons. The van der Waals surface area contributed by atoms with Crippen molar-refractivity contribution in [3.05, 3.63) is 65.2 Å². The summed E-state index contributed by atoms with van der Waals surface area (Å²) >= 11 is 0. The average Bonchev–Trinajstić information content (AvgIpc) is 2.53. The predicted molar refractivity (Wildman–Crippen MR) is 95.8 cm³/mol. The highest BCUT2D eigenvalue weighted by molar-refractivity contribution is 7.90. The molecule has 0 spiro atoms. The number of hydrogen-bond donors (Lipinski definition) is 1. The Morgan fingerprint density at radius 2 is 1.71 bits per heavy atom. The van der Waals surface area contributed by atoms with E-state index >= 15 is 0 Å². The molecule has 0 saturated heterocycles. The van der Waals surface area contributed by atoms with E-state index in [9.17, 15) is 13.2 Å². The third kappa shape index (κ3) is 5.81. The van der Waals surface area contributed by atoms with Crippen LogP contribution < -0.4 is 5.32 Å². The minimum atomic E-state index is -3.16. The van der Waals surface area contributed by atoms with E-state index in [0.717, 1.165) is 12.0 Å². The number of amides is 1. The molecule has 0 heterocycles. The maximum Gasteiger partial charge on any atom is 0.220 e. The monoisotopic (exact) mass is 345 g/mol. The summed E-state index contributed by atoms with van der Waals surface area (Å²) in [5.41, 5.74) is 3.37. The van der Waals surface area contributed by atoms with E-state index in [2.05, 4.69) is 11.4 Å². The predicted octanol–water partition coefficient (Wildman–Crippen LogP) is 2.69. The van der Waals surface area contributed by atoms with Crippen LogP contribution in [0.3, 0.4) is 0 Å². The zero-order valence-electron chi connectivity index (χ0n) is 14.1. The standard InChI is InChI=1S/C19H23NO3S/c1-15-4-3-5-17(14-15)8-11-19(21)20-13-12-16-6-9-18(10-7-16)24(2,22)23/h3-7,9-10,14H,8,11-13H2,1-2H3,(H,20,21). The molecule has 24 heavy (non-hydrogen) atoms. The lowest BCUT2D eigenvalue weighted by atomic mass is 10.1. The fraction of sp³-hybridized carbons (Fsp3) is 0.316. The Bertz CT molecular complexity index is 796. The number of hydrogen-bond acceptors (Lipinski definition) is 3. The van der Waals surface area contributed by atoms with Crippen LogP contribution >= 0.6 is 0 Å². The lowest BCUT2D eigenvalue weighted by Gasteiger charge is -2.07. The van der Waals surface area contributed by atoms with Crippen LogP contribution in [0.5, 0.6) is 0 Å². The van der Waals surface area contributed by atoms with Crippen molar-refractivity contribution in [2.24, 2.45) is 0 Å². The van der Waals surface area contributed by atoms with Crippen molar-refractivity contribution >= 4 is 15.7 Å². The summed E-state index contributed by atoms with van der Waals surface area (Å²) < 4.78 is 22.8. The number of aryl methyl sites for hydroxylation is 2. The fourth-order valence-corrected chi connectivity index (χ4v) is 3.09. The summed E-state index contributed by atoms with van der Waals surface area (Å²) in [7, 11) is -3.16. The molecule has 1 N–H and O–H groups in total. The molecule has 0 aliphatic rings. The first kappa shape index (κ1) is 18.2. The highest BCUT2D eigenvalue weighted by atomic mass is 32.2. The number of carbonyl (C=O) groups excluding carboxylic acids is 1. The first-order valence-corrected chi connectivity index (χ1v) is 9.85. The van der Waals surface area contributed by atoms with E-state index in [1.54, 1.807) is 24.3 Å². The van der Waals surface area contributed by atoms with Gasteiger partial charge >= 0.3 is 0 Å². The van der Waals surface area contributed by atoms with Crippen LogP contribution in [0.2, 0.25) is 0 Å². The Labute approximate surface area is 143 Å². The van der Waals surface area contributed by atoms with Gasteiger partial charge in [-0.2, -0.15) is 0 Å². The van der Waals surface area contributed by atoms with Gasteiger partial charge in [0.05, 0.1) is 4.90 Å². The van der Waals surface area contributed by atoms with Crippen molar-refractivity contribution in [3.63, 3.8) is 0 Å². The van der Waals surface area contributed by atoms with Crippen molar-refractivity contribution in [3.8, 4) is 0 Å². The van der Waals surface area contributed by atoms with Crippen LogP contribution in [0.4, 0.5) is 0 Å². The third-order valence-electron chi connectivity index (χ3n) is 3.81. The van der Waals surface area contributed by atoms with Crippen molar-refractivity contribution in [2.75, 3.05) is 12.8 Å². The van der Waals surface area contributed by atoms with Gasteiger partial charge in [0, 0.05) is 19.2 Å². The second kappa shape index (κ2) is 8.11. The first-order valence-electron chi connectivity index (χ1n) is 7.96. The van der Waals surface area contributed by atoms with Crippen LogP contribution in [-0.2, 0) is 27.5 Å². The summed E-state index contributed by atoms with van der Waals surface area (Å²) in [5, 5.41) is 2.90. The van der Waals surface area contributed by atoms with Crippen LogP contribution in [0.25, 0.3) is 0 Å². The number of sulfone groups is 1. The molecule has 4 nitrogen and oxygen atoms in total. The summed E-state index contributed by atoms with van der Waals surface area (Å²) in [6.45, 7) is 2.59. The minimum Gasteiger partial charge on any atom is -0.356 e. The average molecular weight is 345 g/mol. The number of rotatable bonds is 7. The lowest BCUT2D eigenvalue weighted by molar-refractivity contribution is -0.121. The molecule has 0 saturated carbocycles. The van der Waals surface area contributed by atoms with Gasteiger partial charge in [-0.25, -0.2) is 8.42 Å². The molecule has 2 aromatic carbocycles. The van der Waals surface area contributed by atoms with E-state index in [1.807, 2.05) is 25.1 Å². The van der Waals surface area contributed by atoms with E-state index in [-0.39, 0.29) is 5.91 Å². The largest absolute Gasteiger partial charge is 0.356 e. The molecule has 0 aliphatic heterocycles. The quantitative estimate of drug-likeness (QED) is 0.839. The Morgan fingerprint density at radius 3 is 2.33 bits per heavy atom. The number of nitrogens with one attached hydrogen (secondary N) is 1. The van der Waals surface area contributed by atoms with E-state index < -0.39 is 9.84 Å². The minimum absolute atomic E-state index is 0.0317. The Balaban J connectivity index is 1.74. The van der Waals surface area contributed by atoms with Crippen molar-refractivity contribution < 1.29 is 13.2 Å². The third-order valence-corrected chi connectivity index (χ3v) is 4.94. The second-order valence-corrected chi connectivity index (χ2v) is 8.02. The van der Waals surface area contributed by atoms with Crippen LogP contribution in [0.15, 0.2) is 53.4 Å². The van der Waals surface area contributed by atoms with Crippen LogP contribution in [0, 0.1) is 6.92 Å². The molecule has 0 atom stereocenters. The van der Waals surface area contributed by atoms with Gasteiger partial charge in [-0.3, -0.25) is 4.79 Å². The van der Waals surface area contributed by atoms with Crippen molar-refractivity contribution in [1.82, 2.24) is 5.32 Å². The summed E-state index contributed by atoms with van der Waals surface area (Å²) in [4.78, 5) is 12.2. The van der Waals surface area contributed by atoms with Gasteiger partial charge in [0.15, 0.2) is 9.84 Å². The van der Waals surface area contributed by atoms with Gasteiger partial charge in [-0.05, 0) is 43.0 Å². The molecule has 0 aliphatic carbocycles. The Kier molecular flexibility index (Phi) is 6.15. The SMILES string of the molecule is Cc1cccc(CCC(=O)NCCc2ccc(S(C)(=O)=O)cc2)c1. The molecule has 2 rings (SSSR count). The van der Waals surface area contributed by atoms with E-state index in [0.29, 0.717) is 24.3 Å². The molecule has 0 aromatic heterocycles. The maximum atomic E-state index is 11.9. The molecular formula is C19H23NO3S. The molecule has 0 bridgehead atoms. The van der Waals surface area contributed by atoms with Gasteiger partial charge in [-0.1, -0.05) is 42.0 Å². The summed E-state index contributed by atoms with van der Waals surface area (Å²) in [6.07, 6.45) is 3.07. The first-order chi connectivity index (χ1) is 11.3. The zero-order chi connectivity index (χ0) is 17.6. The maximum absolute atomic E-state index is 11.9. The Hall–Kier alpha value is -2.14. The van der Waals surface area contributed by atoms with Crippen LogP contribution in [-0.4, -0.2) is 27.1 Å². The molecule has 5 heteroatoms. The summed E-state index contributed by atoms with van der Waals surface area (Å²) in [5.74, 6) is 0.0317. The molecule has 1 amide bonds. The van der Waals surface area contributed by atoms with Gasteiger partial charge in [-0.15, -0.1) is 0 Å². The lowest BCUT2D eigenvalue weighted by Crippen LogP contribution is -2.25. The van der Waals surface area contributed by atoms with Gasteiger partial charge in [0.25, 0.3) is 0 Å². The second-order valence-electron chi connectivity index (χ2n) is 6.01. The normalized spacial score (nSPS) is 11.2. The van der Waals surface area contributed by atoms with E-state index in [1.165, 1.54) is 17.4 Å². The smallest absolute Gasteiger partial charge is 0.220 e. The topological polar surface area (TPSA) is 63.2 Å². The highest BCUT2D eigenvalue weighted by Crippen LogP contribution is 2.10. The molecular weight excluding hydrogens is 322 g/mol.